The van der Waals surface area contributed by atoms with E-state index >= 15 is 0 Å². The molecule has 1 N–H and O–H groups in total. The maximum absolute atomic E-state index is 12.5. The molecule has 2 aromatic carbocycles. The third kappa shape index (κ3) is 5.08. The molecule has 1 aliphatic rings. The van der Waals surface area contributed by atoms with Crippen molar-refractivity contribution in [3.8, 4) is 11.5 Å². The van der Waals surface area contributed by atoms with E-state index in [-0.39, 0.29) is 18.2 Å². The first-order valence-corrected chi connectivity index (χ1v) is 9.06. The summed E-state index contributed by atoms with van der Waals surface area (Å²) < 4.78 is 5.78. The van der Waals surface area contributed by atoms with Gasteiger partial charge in [-0.1, -0.05) is 30.3 Å². The predicted octanol–water partition coefficient (Wildman–Crippen LogP) is 2.26. The minimum absolute atomic E-state index is 0.0477. The largest absolute Gasteiger partial charge is 0.457 e. The minimum atomic E-state index is -0.393. The second-order valence-corrected chi connectivity index (χ2v) is 6.80. The van der Waals surface area contributed by atoms with Crippen molar-refractivity contribution >= 4 is 11.8 Å². The molecule has 0 saturated carbocycles. The topological polar surface area (TPSA) is 61.9 Å². The van der Waals surface area contributed by atoms with Crippen molar-refractivity contribution in [2.45, 2.75) is 19.0 Å². The molecule has 6 nitrogen and oxygen atoms in total. The van der Waals surface area contributed by atoms with Crippen LogP contribution in [0.5, 0.6) is 11.5 Å². The van der Waals surface area contributed by atoms with Gasteiger partial charge in [-0.05, 0) is 36.9 Å². The molecule has 6 heteroatoms. The number of hydrogen-bond acceptors (Lipinski definition) is 4. The van der Waals surface area contributed by atoms with Gasteiger partial charge in [0, 0.05) is 26.7 Å². The molecular formula is C21H25N3O3. The van der Waals surface area contributed by atoms with E-state index < -0.39 is 6.04 Å². The van der Waals surface area contributed by atoms with Gasteiger partial charge < -0.3 is 15.0 Å². The fourth-order valence-electron chi connectivity index (χ4n) is 3.05. The Hall–Kier alpha value is -2.86. The molecule has 0 spiro atoms. The molecule has 142 valence electrons. The van der Waals surface area contributed by atoms with E-state index in [1.807, 2.05) is 66.5 Å². The van der Waals surface area contributed by atoms with E-state index in [2.05, 4.69) is 5.32 Å². The van der Waals surface area contributed by atoms with Crippen LogP contribution in [0.2, 0.25) is 0 Å². The number of benzene rings is 2. The predicted molar refractivity (Wildman–Crippen MR) is 103 cm³/mol. The number of para-hydroxylation sites is 1. The van der Waals surface area contributed by atoms with E-state index in [0.717, 1.165) is 23.6 Å². The first-order valence-electron chi connectivity index (χ1n) is 9.06. The Morgan fingerprint density at radius 2 is 1.81 bits per heavy atom. The summed E-state index contributed by atoms with van der Waals surface area (Å²) in [5.74, 6) is 1.41. The smallest absolute Gasteiger partial charge is 0.237 e. The lowest BCUT2D eigenvalue weighted by Crippen LogP contribution is -2.54. The summed E-state index contributed by atoms with van der Waals surface area (Å²) in [6.45, 7) is 1.88. The van der Waals surface area contributed by atoms with Gasteiger partial charge in [-0.2, -0.15) is 0 Å². The van der Waals surface area contributed by atoms with Crippen LogP contribution in [0, 0.1) is 0 Å². The summed E-state index contributed by atoms with van der Waals surface area (Å²) >= 11 is 0. The molecule has 1 aliphatic heterocycles. The van der Waals surface area contributed by atoms with Gasteiger partial charge in [-0.3, -0.25) is 14.5 Å². The Labute approximate surface area is 159 Å². The first kappa shape index (κ1) is 18.9. The molecule has 27 heavy (non-hydrogen) atoms. The molecule has 1 heterocycles. The van der Waals surface area contributed by atoms with Gasteiger partial charge in [0.05, 0.1) is 12.5 Å². The van der Waals surface area contributed by atoms with Crippen LogP contribution in [-0.4, -0.2) is 54.8 Å². The lowest BCUT2D eigenvalue weighted by atomic mass is 10.1. The number of piperazine rings is 1. The van der Waals surface area contributed by atoms with Crippen molar-refractivity contribution in [1.82, 2.24) is 15.1 Å². The van der Waals surface area contributed by atoms with E-state index in [9.17, 15) is 9.59 Å². The lowest BCUT2D eigenvalue weighted by molar-refractivity contribution is -0.137. The Bertz CT molecular complexity index is 777. The van der Waals surface area contributed by atoms with Crippen molar-refractivity contribution in [2.75, 3.05) is 27.2 Å². The SMILES string of the molecule is CN(Cc1ccc(Oc2ccccc2)cc1)C(=O)CC1C(=O)NCCN1C. The van der Waals surface area contributed by atoms with Crippen molar-refractivity contribution in [1.29, 1.82) is 0 Å². The van der Waals surface area contributed by atoms with Crippen LogP contribution in [0.3, 0.4) is 0 Å². The number of likely N-dealkylation sites (N-methyl/N-ethyl adjacent to an activating group) is 1. The average Bonchev–Trinajstić information content (AvgIpc) is 2.67. The van der Waals surface area contributed by atoms with Crippen LogP contribution >= 0.6 is 0 Å². The van der Waals surface area contributed by atoms with Crippen molar-refractivity contribution in [3.05, 3.63) is 60.2 Å². The summed E-state index contributed by atoms with van der Waals surface area (Å²) in [4.78, 5) is 28.1. The Morgan fingerprint density at radius 3 is 2.48 bits per heavy atom. The summed E-state index contributed by atoms with van der Waals surface area (Å²) in [6, 6.07) is 16.9. The Morgan fingerprint density at radius 1 is 1.15 bits per heavy atom. The zero-order chi connectivity index (χ0) is 19.2. The van der Waals surface area contributed by atoms with Gasteiger partial charge in [0.1, 0.15) is 11.5 Å². The maximum atomic E-state index is 12.5. The van der Waals surface area contributed by atoms with Crippen LogP contribution in [-0.2, 0) is 16.1 Å². The lowest BCUT2D eigenvalue weighted by Gasteiger charge is -2.32. The molecule has 0 bridgehead atoms. The number of nitrogens with one attached hydrogen (secondary N) is 1. The summed E-state index contributed by atoms with van der Waals surface area (Å²) in [6.07, 6.45) is 0.189. The third-order valence-electron chi connectivity index (χ3n) is 4.71. The quantitative estimate of drug-likeness (QED) is 0.851. The average molecular weight is 367 g/mol. The number of carbonyl (C=O) groups excluding carboxylic acids is 2. The molecule has 2 aromatic rings. The molecule has 0 aromatic heterocycles. The molecular weight excluding hydrogens is 342 g/mol. The molecule has 1 fully saturated rings. The zero-order valence-corrected chi connectivity index (χ0v) is 15.7. The molecule has 3 rings (SSSR count). The number of amides is 2. The van der Waals surface area contributed by atoms with Gasteiger partial charge in [-0.25, -0.2) is 0 Å². The number of carbonyl (C=O) groups is 2. The Balaban J connectivity index is 1.54. The first-order chi connectivity index (χ1) is 13.0. The number of nitrogens with zero attached hydrogens (tertiary/aromatic N) is 2. The van der Waals surface area contributed by atoms with Crippen LogP contribution < -0.4 is 10.1 Å². The summed E-state index contributed by atoms with van der Waals surface area (Å²) in [7, 11) is 3.64. The number of hydrogen-bond donors (Lipinski definition) is 1. The molecule has 0 radical (unpaired) electrons. The van der Waals surface area contributed by atoms with Crippen LogP contribution in [0.15, 0.2) is 54.6 Å². The summed E-state index contributed by atoms with van der Waals surface area (Å²) in [5, 5.41) is 2.82. The maximum Gasteiger partial charge on any atom is 0.237 e. The monoisotopic (exact) mass is 367 g/mol. The van der Waals surface area contributed by atoms with Crippen molar-refractivity contribution in [3.63, 3.8) is 0 Å². The molecule has 1 saturated heterocycles. The molecule has 1 unspecified atom stereocenters. The fraction of sp³-hybridized carbons (Fsp3) is 0.333. The molecule has 2 amide bonds. The van der Waals surface area contributed by atoms with E-state index in [1.54, 1.807) is 11.9 Å². The third-order valence-corrected chi connectivity index (χ3v) is 4.71. The highest BCUT2D eigenvalue weighted by Crippen LogP contribution is 2.21. The number of rotatable bonds is 6. The van der Waals surface area contributed by atoms with Crippen LogP contribution in [0.25, 0.3) is 0 Å². The van der Waals surface area contributed by atoms with Crippen LogP contribution in [0.4, 0.5) is 0 Å². The summed E-state index contributed by atoms with van der Waals surface area (Å²) in [5.41, 5.74) is 1.01. The molecule has 0 aliphatic carbocycles. The Kier molecular flexibility index (Phi) is 6.08. The highest BCUT2D eigenvalue weighted by atomic mass is 16.5. The van der Waals surface area contributed by atoms with Crippen LogP contribution in [0.1, 0.15) is 12.0 Å². The van der Waals surface area contributed by atoms with E-state index in [1.165, 1.54) is 0 Å². The standard InChI is InChI=1S/C21H25N3O3/c1-23-13-12-22-21(26)19(23)14-20(25)24(2)15-16-8-10-18(11-9-16)27-17-6-4-3-5-7-17/h3-11,19H,12-15H2,1-2H3,(H,22,26). The van der Waals surface area contributed by atoms with Gasteiger partial charge in [0.2, 0.25) is 11.8 Å². The van der Waals surface area contributed by atoms with Gasteiger partial charge >= 0.3 is 0 Å². The van der Waals surface area contributed by atoms with Crippen molar-refractivity contribution in [2.24, 2.45) is 0 Å². The second kappa shape index (κ2) is 8.68. The van der Waals surface area contributed by atoms with Gasteiger partial charge in [0.15, 0.2) is 0 Å². The fourth-order valence-corrected chi connectivity index (χ4v) is 3.05. The van der Waals surface area contributed by atoms with E-state index in [4.69, 9.17) is 4.74 Å². The van der Waals surface area contributed by atoms with Gasteiger partial charge in [-0.15, -0.1) is 0 Å². The zero-order valence-electron chi connectivity index (χ0n) is 15.7. The minimum Gasteiger partial charge on any atom is -0.457 e. The van der Waals surface area contributed by atoms with Crippen molar-refractivity contribution < 1.29 is 14.3 Å². The highest BCUT2D eigenvalue weighted by Gasteiger charge is 2.29. The number of ether oxygens (including phenoxy) is 1. The van der Waals surface area contributed by atoms with E-state index in [0.29, 0.717) is 13.1 Å². The second-order valence-electron chi connectivity index (χ2n) is 6.80. The van der Waals surface area contributed by atoms with Gasteiger partial charge in [0.25, 0.3) is 0 Å². The molecule has 1 atom stereocenters. The normalized spacial score (nSPS) is 17.3. The highest BCUT2D eigenvalue weighted by molar-refractivity contribution is 5.88.